The highest BCUT2D eigenvalue weighted by atomic mass is 16.5. The summed E-state index contributed by atoms with van der Waals surface area (Å²) >= 11 is 0. The molecule has 7 nitrogen and oxygen atoms in total. The molecule has 1 aromatic heterocycles. The smallest absolute Gasteiger partial charge is 0.246 e. The first-order valence-corrected chi connectivity index (χ1v) is 4.47. The predicted octanol–water partition coefficient (Wildman–Crippen LogP) is -1.08. The van der Waals surface area contributed by atoms with Crippen molar-refractivity contribution < 1.29 is 14.1 Å². The van der Waals surface area contributed by atoms with Gasteiger partial charge in [-0.3, -0.25) is 19.8 Å². The van der Waals surface area contributed by atoms with Gasteiger partial charge in [-0.2, -0.15) is 4.98 Å². The van der Waals surface area contributed by atoms with Crippen LogP contribution in [0.4, 0.5) is 0 Å². The van der Waals surface area contributed by atoms with Crippen molar-refractivity contribution >= 4 is 11.8 Å². The Kier molecular flexibility index (Phi) is 2.46. The Labute approximate surface area is 85.4 Å². The van der Waals surface area contributed by atoms with Crippen LogP contribution >= 0.6 is 0 Å². The molecule has 0 saturated carbocycles. The van der Waals surface area contributed by atoms with Crippen molar-refractivity contribution in [3.8, 4) is 0 Å². The molecule has 0 spiro atoms. The van der Waals surface area contributed by atoms with Crippen LogP contribution in [0.25, 0.3) is 0 Å². The number of amides is 2. The topological polar surface area (TPSA) is 88.3 Å². The highest BCUT2D eigenvalue weighted by Gasteiger charge is 2.35. The van der Waals surface area contributed by atoms with E-state index in [9.17, 15) is 9.59 Å². The SMILES string of the molecule is CN1C(=O)CC(NCc2ncon2)C1=O. The van der Waals surface area contributed by atoms with Crippen LogP contribution in [-0.2, 0) is 16.1 Å². The van der Waals surface area contributed by atoms with Gasteiger partial charge in [-0.15, -0.1) is 0 Å². The van der Waals surface area contributed by atoms with Gasteiger partial charge >= 0.3 is 0 Å². The molecular formula is C8H10N4O3. The number of likely N-dealkylation sites (tertiary alicyclic amines) is 1. The molecule has 15 heavy (non-hydrogen) atoms. The second kappa shape index (κ2) is 3.77. The fourth-order valence-corrected chi connectivity index (χ4v) is 1.40. The van der Waals surface area contributed by atoms with E-state index in [1.54, 1.807) is 0 Å². The zero-order valence-corrected chi connectivity index (χ0v) is 8.14. The van der Waals surface area contributed by atoms with E-state index in [2.05, 4.69) is 20.0 Å². The van der Waals surface area contributed by atoms with Crippen LogP contribution in [0.2, 0.25) is 0 Å². The van der Waals surface area contributed by atoms with Crippen molar-refractivity contribution in [2.75, 3.05) is 7.05 Å². The van der Waals surface area contributed by atoms with Crippen molar-refractivity contribution in [3.05, 3.63) is 12.2 Å². The Morgan fingerprint density at radius 3 is 3.00 bits per heavy atom. The lowest BCUT2D eigenvalue weighted by Crippen LogP contribution is -2.36. The zero-order valence-electron chi connectivity index (χ0n) is 8.14. The van der Waals surface area contributed by atoms with E-state index in [4.69, 9.17) is 0 Å². The Bertz CT molecular complexity index is 375. The maximum atomic E-state index is 11.5. The number of aromatic nitrogens is 2. The third-order valence-electron chi connectivity index (χ3n) is 2.30. The minimum atomic E-state index is -0.471. The number of carbonyl (C=O) groups excluding carboxylic acids is 2. The van der Waals surface area contributed by atoms with Crippen molar-refractivity contribution in [3.63, 3.8) is 0 Å². The minimum Gasteiger partial charge on any atom is -0.343 e. The number of likely N-dealkylation sites (N-methyl/N-ethyl adjacent to an activating group) is 1. The first-order chi connectivity index (χ1) is 7.18. The van der Waals surface area contributed by atoms with E-state index in [0.29, 0.717) is 12.4 Å². The molecule has 0 aromatic carbocycles. The van der Waals surface area contributed by atoms with E-state index in [1.165, 1.54) is 13.4 Å². The molecule has 0 radical (unpaired) electrons. The maximum absolute atomic E-state index is 11.5. The van der Waals surface area contributed by atoms with Gasteiger partial charge in [0.2, 0.25) is 18.2 Å². The summed E-state index contributed by atoms with van der Waals surface area (Å²) in [7, 11) is 1.47. The Morgan fingerprint density at radius 2 is 2.47 bits per heavy atom. The third-order valence-corrected chi connectivity index (χ3v) is 2.30. The third kappa shape index (κ3) is 1.86. The lowest BCUT2D eigenvalue weighted by atomic mass is 10.2. The van der Waals surface area contributed by atoms with Gasteiger partial charge in [0.15, 0.2) is 5.82 Å². The average molecular weight is 210 g/mol. The molecule has 1 fully saturated rings. The summed E-state index contributed by atoms with van der Waals surface area (Å²) in [4.78, 5) is 27.5. The molecule has 2 rings (SSSR count). The molecule has 0 bridgehead atoms. The normalized spacial score (nSPS) is 21.4. The minimum absolute atomic E-state index is 0.175. The number of rotatable bonds is 3. The molecule has 1 saturated heterocycles. The fraction of sp³-hybridized carbons (Fsp3) is 0.500. The quantitative estimate of drug-likeness (QED) is 0.638. The molecule has 1 aromatic rings. The molecule has 1 N–H and O–H groups in total. The number of nitrogens with zero attached hydrogens (tertiary/aromatic N) is 3. The summed E-state index contributed by atoms with van der Waals surface area (Å²) in [5, 5.41) is 6.48. The predicted molar refractivity (Wildman–Crippen MR) is 47.3 cm³/mol. The summed E-state index contributed by atoms with van der Waals surface area (Å²) in [5.41, 5.74) is 0. The average Bonchev–Trinajstić information content (AvgIpc) is 2.80. The number of imide groups is 1. The summed E-state index contributed by atoms with van der Waals surface area (Å²) in [5.74, 6) is 0.0684. The number of carbonyl (C=O) groups is 2. The van der Waals surface area contributed by atoms with Gasteiger partial charge < -0.3 is 4.52 Å². The fourth-order valence-electron chi connectivity index (χ4n) is 1.40. The highest BCUT2D eigenvalue weighted by Crippen LogP contribution is 2.10. The van der Waals surface area contributed by atoms with Crippen molar-refractivity contribution in [2.45, 2.75) is 19.0 Å². The lowest BCUT2D eigenvalue weighted by molar-refractivity contribution is -0.137. The summed E-state index contributed by atoms with van der Waals surface area (Å²) in [6, 6.07) is -0.471. The second-order valence-corrected chi connectivity index (χ2v) is 3.28. The molecule has 1 aliphatic rings. The van der Waals surface area contributed by atoms with E-state index < -0.39 is 6.04 Å². The van der Waals surface area contributed by atoms with Gasteiger partial charge in [0.05, 0.1) is 19.0 Å². The van der Waals surface area contributed by atoms with E-state index >= 15 is 0 Å². The van der Waals surface area contributed by atoms with Crippen LogP contribution in [0.15, 0.2) is 10.9 Å². The van der Waals surface area contributed by atoms with Crippen molar-refractivity contribution in [2.24, 2.45) is 0 Å². The van der Waals surface area contributed by atoms with E-state index in [1.807, 2.05) is 0 Å². The highest BCUT2D eigenvalue weighted by molar-refractivity contribution is 6.05. The van der Waals surface area contributed by atoms with Crippen molar-refractivity contribution in [1.29, 1.82) is 0 Å². The molecule has 2 amide bonds. The van der Waals surface area contributed by atoms with E-state index in [-0.39, 0.29) is 18.2 Å². The molecule has 1 unspecified atom stereocenters. The number of hydrogen-bond acceptors (Lipinski definition) is 6. The molecule has 1 atom stereocenters. The molecule has 1 aliphatic heterocycles. The van der Waals surface area contributed by atoms with Crippen LogP contribution in [0.5, 0.6) is 0 Å². The second-order valence-electron chi connectivity index (χ2n) is 3.28. The molecule has 7 heteroatoms. The Morgan fingerprint density at radius 1 is 1.67 bits per heavy atom. The number of nitrogens with one attached hydrogen (secondary N) is 1. The summed E-state index contributed by atoms with van der Waals surface area (Å²) in [6.45, 7) is 0.314. The van der Waals surface area contributed by atoms with Crippen LogP contribution in [0, 0.1) is 0 Å². The van der Waals surface area contributed by atoms with Gasteiger partial charge in [0.25, 0.3) is 0 Å². The first-order valence-electron chi connectivity index (χ1n) is 4.47. The Balaban J connectivity index is 1.91. The van der Waals surface area contributed by atoms with Gasteiger partial charge in [-0.1, -0.05) is 5.16 Å². The summed E-state index contributed by atoms with van der Waals surface area (Å²) in [6.07, 6.45) is 1.40. The molecule has 0 aliphatic carbocycles. The summed E-state index contributed by atoms with van der Waals surface area (Å²) < 4.78 is 4.54. The molecular weight excluding hydrogens is 200 g/mol. The van der Waals surface area contributed by atoms with Crippen LogP contribution in [0.3, 0.4) is 0 Å². The van der Waals surface area contributed by atoms with Gasteiger partial charge in [-0.05, 0) is 0 Å². The van der Waals surface area contributed by atoms with Crippen molar-refractivity contribution in [1.82, 2.24) is 20.4 Å². The monoisotopic (exact) mass is 210 g/mol. The van der Waals surface area contributed by atoms with Crippen LogP contribution < -0.4 is 5.32 Å². The van der Waals surface area contributed by atoms with Crippen LogP contribution in [0.1, 0.15) is 12.2 Å². The lowest BCUT2D eigenvalue weighted by Gasteiger charge is -2.08. The number of hydrogen-bond donors (Lipinski definition) is 1. The maximum Gasteiger partial charge on any atom is 0.246 e. The van der Waals surface area contributed by atoms with Gasteiger partial charge in [0, 0.05) is 7.05 Å². The molecule has 2 heterocycles. The van der Waals surface area contributed by atoms with Gasteiger partial charge in [-0.25, -0.2) is 0 Å². The first kappa shape index (κ1) is 9.78. The van der Waals surface area contributed by atoms with Crippen LogP contribution in [-0.4, -0.2) is 39.9 Å². The molecule has 80 valence electrons. The Hall–Kier alpha value is -1.76. The van der Waals surface area contributed by atoms with E-state index in [0.717, 1.165) is 4.90 Å². The zero-order chi connectivity index (χ0) is 10.8. The van der Waals surface area contributed by atoms with Gasteiger partial charge in [0.1, 0.15) is 0 Å². The largest absolute Gasteiger partial charge is 0.343 e. The standard InChI is InChI=1S/C8H10N4O3/c1-12-7(13)2-5(8(12)14)9-3-6-10-4-15-11-6/h4-5,9H,2-3H2,1H3.